The minimum atomic E-state index is -0.243. The van der Waals surface area contributed by atoms with Crippen LogP contribution >= 0.6 is 11.8 Å². The minimum absolute atomic E-state index is 0.243. The van der Waals surface area contributed by atoms with Crippen LogP contribution in [0.25, 0.3) is 0 Å². The zero-order valence-electron chi connectivity index (χ0n) is 12.1. The molecule has 0 aliphatic heterocycles. The number of hydrogen-bond donors (Lipinski definition) is 0. The maximum atomic E-state index is 11.1. The quantitative estimate of drug-likeness (QED) is 0.624. The van der Waals surface area contributed by atoms with Gasteiger partial charge in [0.1, 0.15) is 11.6 Å². The molecule has 2 aromatic rings. The van der Waals surface area contributed by atoms with Gasteiger partial charge in [0.2, 0.25) is 5.88 Å². The van der Waals surface area contributed by atoms with E-state index in [0.29, 0.717) is 23.2 Å². The third kappa shape index (κ3) is 4.75. The number of methoxy groups -OCH3 is 1. The van der Waals surface area contributed by atoms with Crippen LogP contribution in [0.2, 0.25) is 0 Å². The van der Waals surface area contributed by atoms with E-state index in [2.05, 4.69) is 14.7 Å². The van der Waals surface area contributed by atoms with Crippen molar-refractivity contribution in [2.24, 2.45) is 0 Å². The Morgan fingerprint density at radius 3 is 2.52 bits per heavy atom. The van der Waals surface area contributed by atoms with Crippen molar-refractivity contribution in [3.63, 3.8) is 0 Å². The van der Waals surface area contributed by atoms with Crippen LogP contribution in [0.4, 0.5) is 0 Å². The first-order valence-electron chi connectivity index (χ1n) is 6.36. The molecular weight excluding hydrogens is 288 g/mol. The minimum Gasteiger partial charge on any atom is -0.468 e. The average molecular weight is 304 g/mol. The third-order valence-corrected chi connectivity index (χ3v) is 3.56. The van der Waals surface area contributed by atoms with Gasteiger partial charge in [0.25, 0.3) is 0 Å². The maximum absolute atomic E-state index is 11.1. The van der Waals surface area contributed by atoms with E-state index in [4.69, 9.17) is 4.74 Å². The van der Waals surface area contributed by atoms with Crippen molar-refractivity contribution >= 4 is 17.7 Å². The number of thioether (sulfide) groups is 1. The summed E-state index contributed by atoms with van der Waals surface area (Å²) >= 11 is 1.42. The molecule has 0 saturated carbocycles. The van der Waals surface area contributed by atoms with Gasteiger partial charge >= 0.3 is 5.97 Å². The lowest BCUT2D eigenvalue weighted by atomic mass is 10.3. The summed E-state index contributed by atoms with van der Waals surface area (Å²) in [6, 6.07) is 9.25. The second-order valence-electron chi connectivity index (χ2n) is 4.33. The van der Waals surface area contributed by atoms with Gasteiger partial charge in [-0.15, -0.1) is 11.8 Å². The molecule has 6 heteroatoms. The first kappa shape index (κ1) is 15.3. The molecule has 110 valence electrons. The number of hydrogen-bond acceptors (Lipinski definition) is 6. The number of aryl methyl sites for hydroxylation is 2. The summed E-state index contributed by atoms with van der Waals surface area (Å²) in [5.41, 5.74) is 0.864. The highest BCUT2D eigenvalue weighted by atomic mass is 32.2. The third-order valence-electron chi connectivity index (χ3n) is 2.57. The fraction of sp³-hybridized carbons (Fsp3) is 0.267. The highest BCUT2D eigenvalue weighted by Crippen LogP contribution is 2.24. The molecule has 0 radical (unpaired) electrons. The van der Waals surface area contributed by atoms with E-state index in [1.165, 1.54) is 18.9 Å². The van der Waals surface area contributed by atoms with Crippen molar-refractivity contribution < 1.29 is 14.3 Å². The Morgan fingerprint density at radius 2 is 1.90 bits per heavy atom. The fourth-order valence-corrected chi connectivity index (χ4v) is 2.39. The van der Waals surface area contributed by atoms with Crippen molar-refractivity contribution in [2.75, 3.05) is 12.9 Å². The van der Waals surface area contributed by atoms with Gasteiger partial charge in [0.15, 0.2) is 0 Å². The van der Waals surface area contributed by atoms with Crippen molar-refractivity contribution in [3.8, 4) is 11.6 Å². The van der Waals surface area contributed by atoms with Crippen LogP contribution in [0.15, 0.2) is 35.2 Å². The van der Waals surface area contributed by atoms with Crippen LogP contribution in [0.1, 0.15) is 11.5 Å². The molecule has 0 fully saturated rings. The average Bonchev–Trinajstić information content (AvgIpc) is 2.45. The Bertz CT molecular complexity index is 609. The summed E-state index contributed by atoms with van der Waals surface area (Å²) < 4.78 is 10.3. The largest absolute Gasteiger partial charge is 0.468 e. The van der Waals surface area contributed by atoms with Crippen LogP contribution in [-0.4, -0.2) is 28.8 Å². The molecule has 0 saturated heterocycles. The standard InChI is InChI=1S/C15H16N2O3S/c1-10-8-14(17-11(2)16-10)20-12-4-6-13(7-5-12)21-9-15(18)19-3/h4-8H,9H2,1-3H3. The highest BCUT2D eigenvalue weighted by Gasteiger charge is 2.04. The van der Waals surface area contributed by atoms with Gasteiger partial charge in [-0.1, -0.05) is 0 Å². The lowest BCUT2D eigenvalue weighted by Crippen LogP contribution is -2.02. The second-order valence-corrected chi connectivity index (χ2v) is 5.38. The zero-order chi connectivity index (χ0) is 15.2. The molecular formula is C15H16N2O3S. The molecule has 1 heterocycles. The molecule has 0 N–H and O–H groups in total. The van der Waals surface area contributed by atoms with Gasteiger partial charge in [0, 0.05) is 16.7 Å². The van der Waals surface area contributed by atoms with Gasteiger partial charge in [0.05, 0.1) is 12.9 Å². The zero-order valence-corrected chi connectivity index (χ0v) is 12.9. The number of benzene rings is 1. The van der Waals surface area contributed by atoms with E-state index in [1.54, 1.807) is 6.07 Å². The van der Waals surface area contributed by atoms with Gasteiger partial charge in [-0.3, -0.25) is 4.79 Å². The molecule has 2 rings (SSSR count). The van der Waals surface area contributed by atoms with Gasteiger partial charge in [-0.05, 0) is 38.1 Å². The van der Waals surface area contributed by atoms with E-state index < -0.39 is 0 Å². The maximum Gasteiger partial charge on any atom is 0.315 e. The van der Waals surface area contributed by atoms with Crippen molar-refractivity contribution in [3.05, 3.63) is 41.9 Å². The molecule has 21 heavy (non-hydrogen) atoms. The van der Waals surface area contributed by atoms with Crippen LogP contribution in [0.5, 0.6) is 11.6 Å². The van der Waals surface area contributed by atoms with Gasteiger partial charge < -0.3 is 9.47 Å². The van der Waals surface area contributed by atoms with E-state index >= 15 is 0 Å². The van der Waals surface area contributed by atoms with Crippen LogP contribution in [-0.2, 0) is 9.53 Å². The summed E-state index contributed by atoms with van der Waals surface area (Å²) in [5.74, 6) is 1.94. The molecule has 0 aliphatic rings. The summed E-state index contributed by atoms with van der Waals surface area (Å²) in [4.78, 5) is 20.5. The number of carbonyl (C=O) groups is 1. The summed E-state index contributed by atoms with van der Waals surface area (Å²) in [5, 5.41) is 0. The van der Waals surface area contributed by atoms with E-state index in [0.717, 1.165) is 10.6 Å². The van der Waals surface area contributed by atoms with Crippen molar-refractivity contribution in [1.29, 1.82) is 0 Å². The number of nitrogens with zero attached hydrogens (tertiary/aromatic N) is 2. The smallest absolute Gasteiger partial charge is 0.315 e. The molecule has 0 unspecified atom stereocenters. The Balaban J connectivity index is 2.00. The molecule has 5 nitrogen and oxygen atoms in total. The summed E-state index contributed by atoms with van der Waals surface area (Å²) in [6.07, 6.45) is 0. The number of ether oxygens (including phenoxy) is 2. The normalized spacial score (nSPS) is 10.2. The highest BCUT2D eigenvalue weighted by molar-refractivity contribution is 8.00. The summed E-state index contributed by atoms with van der Waals surface area (Å²) in [6.45, 7) is 3.72. The fourth-order valence-electron chi connectivity index (χ4n) is 1.66. The molecule has 0 bridgehead atoms. The van der Waals surface area contributed by atoms with Gasteiger partial charge in [-0.2, -0.15) is 4.98 Å². The second kappa shape index (κ2) is 7.08. The molecule has 1 aromatic carbocycles. The predicted octanol–water partition coefficient (Wildman–Crippen LogP) is 3.15. The monoisotopic (exact) mass is 304 g/mol. The van der Waals surface area contributed by atoms with Crippen LogP contribution < -0.4 is 4.74 Å². The van der Waals surface area contributed by atoms with E-state index in [1.807, 2.05) is 38.1 Å². The van der Waals surface area contributed by atoms with E-state index in [-0.39, 0.29) is 5.97 Å². The molecule has 1 aromatic heterocycles. The molecule has 0 atom stereocenters. The first-order valence-corrected chi connectivity index (χ1v) is 7.35. The van der Waals surface area contributed by atoms with Crippen molar-refractivity contribution in [2.45, 2.75) is 18.7 Å². The predicted molar refractivity (Wildman–Crippen MR) is 80.8 cm³/mol. The molecule has 0 amide bonds. The SMILES string of the molecule is COC(=O)CSc1ccc(Oc2cc(C)nc(C)n2)cc1. The van der Waals surface area contributed by atoms with Crippen LogP contribution in [0.3, 0.4) is 0 Å². The summed E-state index contributed by atoms with van der Waals surface area (Å²) in [7, 11) is 1.38. The Kier molecular flexibility index (Phi) is 5.16. The molecule has 0 spiro atoms. The Morgan fingerprint density at radius 1 is 1.19 bits per heavy atom. The number of rotatable bonds is 5. The van der Waals surface area contributed by atoms with E-state index in [9.17, 15) is 4.79 Å². The number of esters is 1. The number of carbonyl (C=O) groups excluding carboxylic acids is 1. The first-order chi connectivity index (χ1) is 10.1. The molecule has 0 aliphatic carbocycles. The Hall–Kier alpha value is -2.08. The topological polar surface area (TPSA) is 61.3 Å². The number of aromatic nitrogens is 2. The lowest BCUT2D eigenvalue weighted by Gasteiger charge is -2.07. The Labute approximate surface area is 127 Å². The van der Waals surface area contributed by atoms with Crippen molar-refractivity contribution in [1.82, 2.24) is 9.97 Å². The van der Waals surface area contributed by atoms with Gasteiger partial charge in [-0.25, -0.2) is 4.98 Å². The lowest BCUT2D eigenvalue weighted by molar-refractivity contribution is -0.137. The van der Waals surface area contributed by atoms with Crippen LogP contribution in [0, 0.1) is 13.8 Å².